The fourth-order valence-corrected chi connectivity index (χ4v) is 1.46. The molecule has 0 aromatic carbocycles. The Hall–Kier alpha value is -0.610. The molecule has 1 heterocycles. The highest BCUT2D eigenvalue weighted by molar-refractivity contribution is 7.98. The van der Waals surface area contributed by atoms with Gasteiger partial charge < -0.3 is 4.74 Å². The van der Waals surface area contributed by atoms with Crippen LogP contribution in [-0.2, 0) is 17.8 Å². The van der Waals surface area contributed by atoms with Gasteiger partial charge in [0.15, 0.2) is 5.16 Å². The van der Waals surface area contributed by atoms with E-state index in [2.05, 4.69) is 16.9 Å². The van der Waals surface area contributed by atoms with Gasteiger partial charge >= 0.3 is 0 Å². The van der Waals surface area contributed by atoms with Crippen LogP contribution in [0.4, 0.5) is 0 Å². The highest BCUT2D eigenvalue weighted by Gasteiger charge is 2.04. The Bertz CT molecular complexity index is 278. The van der Waals surface area contributed by atoms with Gasteiger partial charge in [-0.05, 0) is 12.7 Å². The molecule has 0 aliphatic rings. The fraction of sp³-hybridized carbons (Fsp3) is 0.556. The van der Waals surface area contributed by atoms with Crippen LogP contribution in [0.3, 0.4) is 0 Å². The van der Waals surface area contributed by atoms with Gasteiger partial charge in [-0.2, -0.15) is 0 Å². The summed E-state index contributed by atoms with van der Waals surface area (Å²) >= 11 is 1.56. The minimum absolute atomic E-state index is 0.595. The van der Waals surface area contributed by atoms with Gasteiger partial charge in [0.2, 0.25) is 0 Å². The lowest BCUT2D eigenvalue weighted by Gasteiger charge is -2.06. The van der Waals surface area contributed by atoms with Crippen LogP contribution in [-0.4, -0.2) is 23.3 Å². The molecule has 0 spiro atoms. The zero-order valence-electron chi connectivity index (χ0n) is 8.20. The van der Waals surface area contributed by atoms with Crippen LogP contribution < -0.4 is 0 Å². The molecule has 0 aliphatic carbocycles. The summed E-state index contributed by atoms with van der Waals surface area (Å²) in [4.78, 5) is 8.60. The number of hydrogen-bond acceptors (Lipinski definition) is 4. The molecule has 0 atom stereocenters. The quantitative estimate of drug-likeness (QED) is 0.547. The third-order valence-electron chi connectivity index (χ3n) is 1.75. The lowest BCUT2D eigenvalue weighted by atomic mass is 10.2. The molecule has 3 nitrogen and oxygen atoms in total. The molecule has 0 saturated carbocycles. The fourth-order valence-electron chi connectivity index (χ4n) is 1.10. The van der Waals surface area contributed by atoms with Gasteiger partial charge in [0.1, 0.15) is 0 Å². The Labute approximate surface area is 82.9 Å². The van der Waals surface area contributed by atoms with Crippen molar-refractivity contribution in [2.24, 2.45) is 0 Å². The first kappa shape index (κ1) is 10.5. The average molecular weight is 198 g/mol. The van der Waals surface area contributed by atoms with Gasteiger partial charge in [-0.25, -0.2) is 9.97 Å². The molecule has 4 heteroatoms. The SMILES string of the molecule is CCc1nc(SC)ncc1COC. The monoisotopic (exact) mass is 198 g/mol. The molecule has 1 rings (SSSR count). The number of ether oxygens (including phenoxy) is 1. The van der Waals surface area contributed by atoms with Crippen molar-refractivity contribution in [3.05, 3.63) is 17.5 Å². The summed E-state index contributed by atoms with van der Waals surface area (Å²) in [5.74, 6) is 0. The van der Waals surface area contributed by atoms with Crippen molar-refractivity contribution in [3.63, 3.8) is 0 Å². The van der Waals surface area contributed by atoms with E-state index in [0.717, 1.165) is 22.8 Å². The first-order valence-electron chi connectivity index (χ1n) is 4.19. The van der Waals surface area contributed by atoms with E-state index < -0.39 is 0 Å². The number of hydrogen-bond donors (Lipinski definition) is 0. The van der Waals surface area contributed by atoms with E-state index in [9.17, 15) is 0 Å². The van der Waals surface area contributed by atoms with Crippen molar-refractivity contribution in [3.8, 4) is 0 Å². The molecule has 0 N–H and O–H groups in total. The normalized spacial score (nSPS) is 10.4. The third kappa shape index (κ3) is 2.67. The Balaban J connectivity index is 2.93. The Kier molecular flexibility index (Phi) is 4.18. The van der Waals surface area contributed by atoms with Crippen molar-refractivity contribution in [2.45, 2.75) is 25.1 Å². The van der Waals surface area contributed by atoms with Crippen LogP contribution in [0.15, 0.2) is 11.4 Å². The maximum absolute atomic E-state index is 5.06. The van der Waals surface area contributed by atoms with E-state index in [1.807, 2.05) is 12.5 Å². The van der Waals surface area contributed by atoms with Gasteiger partial charge in [-0.15, -0.1) is 0 Å². The predicted octanol–water partition coefficient (Wildman–Crippen LogP) is 1.91. The highest BCUT2D eigenvalue weighted by atomic mass is 32.2. The van der Waals surface area contributed by atoms with Crippen molar-refractivity contribution in [2.75, 3.05) is 13.4 Å². The van der Waals surface area contributed by atoms with Crippen LogP contribution in [0, 0.1) is 0 Å². The molecular formula is C9H14N2OS. The number of thioether (sulfide) groups is 1. The first-order valence-corrected chi connectivity index (χ1v) is 5.42. The van der Waals surface area contributed by atoms with E-state index in [-0.39, 0.29) is 0 Å². The van der Waals surface area contributed by atoms with Gasteiger partial charge in [-0.3, -0.25) is 0 Å². The van der Waals surface area contributed by atoms with Gasteiger partial charge in [-0.1, -0.05) is 18.7 Å². The molecule has 13 heavy (non-hydrogen) atoms. The molecule has 72 valence electrons. The zero-order chi connectivity index (χ0) is 9.68. The summed E-state index contributed by atoms with van der Waals surface area (Å²) in [5, 5.41) is 0.830. The minimum Gasteiger partial charge on any atom is -0.380 e. The van der Waals surface area contributed by atoms with Crippen LogP contribution >= 0.6 is 11.8 Å². The van der Waals surface area contributed by atoms with Crippen LogP contribution in [0.1, 0.15) is 18.2 Å². The molecule has 0 saturated heterocycles. The van der Waals surface area contributed by atoms with Crippen molar-refractivity contribution in [1.29, 1.82) is 0 Å². The van der Waals surface area contributed by atoms with E-state index in [0.29, 0.717) is 6.61 Å². The van der Waals surface area contributed by atoms with Crippen LogP contribution in [0.5, 0.6) is 0 Å². The van der Waals surface area contributed by atoms with Crippen molar-refractivity contribution >= 4 is 11.8 Å². The second-order valence-electron chi connectivity index (χ2n) is 2.62. The van der Waals surface area contributed by atoms with Gasteiger partial charge in [0.05, 0.1) is 12.3 Å². The predicted molar refractivity (Wildman–Crippen MR) is 53.9 cm³/mol. The summed E-state index contributed by atoms with van der Waals surface area (Å²) < 4.78 is 5.06. The molecule has 0 bridgehead atoms. The summed E-state index contributed by atoms with van der Waals surface area (Å²) in [6.07, 6.45) is 4.75. The number of aromatic nitrogens is 2. The van der Waals surface area contributed by atoms with Crippen molar-refractivity contribution < 1.29 is 4.74 Å². The second kappa shape index (κ2) is 5.19. The standard InChI is InChI=1S/C9H14N2OS/c1-4-8-7(6-12-2)5-10-9(11-8)13-3/h5H,4,6H2,1-3H3. The molecule has 0 aliphatic heterocycles. The summed E-state index contributed by atoms with van der Waals surface area (Å²) in [6, 6.07) is 0. The molecule has 0 radical (unpaired) electrons. The zero-order valence-corrected chi connectivity index (χ0v) is 9.02. The number of nitrogens with zero attached hydrogens (tertiary/aromatic N) is 2. The minimum atomic E-state index is 0.595. The van der Waals surface area contributed by atoms with Crippen LogP contribution in [0.25, 0.3) is 0 Å². The summed E-state index contributed by atoms with van der Waals surface area (Å²) in [7, 11) is 1.68. The smallest absolute Gasteiger partial charge is 0.187 e. The van der Waals surface area contributed by atoms with Crippen LogP contribution in [0.2, 0.25) is 0 Å². The molecular weight excluding hydrogens is 184 g/mol. The highest BCUT2D eigenvalue weighted by Crippen LogP contribution is 2.13. The topological polar surface area (TPSA) is 35.0 Å². The van der Waals surface area contributed by atoms with Gasteiger partial charge in [0, 0.05) is 18.9 Å². The van der Waals surface area contributed by atoms with E-state index in [1.165, 1.54) is 0 Å². The first-order chi connectivity index (χ1) is 6.31. The Morgan fingerprint density at radius 2 is 2.31 bits per heavy atom. The summed E-state index contributed by atoms with van der Waals surface area (Å²) in [5.41, 5.74) is 2.17. The molecule has 0 amide bonds. The lowest BCUT2D eigenvalue weighted by Crippen LogP contribution is -2.01. The molecule has 0 fully saturated rings. The van der Waals surface area contributed by atoms with Gasteiger partial charge in [0.25, 0.3) is 0 Å². The van der Waals surface area contributed by atoms with Crippen molar-refractivity contribution in [1.82, 2.24) is 9.97 Å². The largest absolute Gasteiger partial charge is 0.380 e. The van der Waals surface area contributed by atoms with E-state index >= 15 is 0 Å². The third-order valence-corrected chi connectivity index (χ3v) is 2.31. The number of rotatable bonds is 4. The number of aryl methyl sites for hydroxylation is 1. The lowest BCUT2D eigenvalue weighted by molar-refractivity contribution is 0.183. The molecule has 1 aromatic rings. The average Bonchev–Trinajstić information content (AvgIpc) is 2.19. The molecule has 0 unspecified atom stereocenters. The second-order valence-corrected chi connectivity index (χ2v) is 3.39. The van der Waals surface area contributed by atoms with E-state index in [1.54, 1.807) is 18.9 Å². The van der Waals surface area contributed by atoms with E-state index in [4.69, 9.17) is 4.74 Å². The Morgan fingerprint density at radius 3 is 2.85 bits per heavy atom. The number of methoxy groups -OCH3 is 1. The summed E-state index contributed by atoms with van der Waals surface area (Å²) in [6.45, 7) is 2.68. The molecule has 1 aromatic heterocycles. The Morgan fingerprint density at radius 1 is 1.54 bits per heavy atom. The maximum atomic E-state index is 5.06. The maximum Gasteiger partial charge on any atom is 0.187 e.